The molecule has 0 N–H and O–H groups in total. The fourth-order valence-electron chi connectivity index (χ4n) is 10.1. The summed E-state index contributed by atoms with van der Waals surface area (Å²) < 4.78 is 77.4. The number of phosphoric ester groups is 1. The van der Waals surface area contributed by atoms with Crippen LogP contribution in [0.15, 0.2) is 179 Å². The maximum Gasteiger partial charge on any atom is 0.476 e. The van der Waals surface area contributed by atoms with Crippen LogP contribution in [0.2, 0.25) is 15.1 Å². The molecule has 0 atom stereocenters. The first kappa shape index (κ1) is 66.6. The molecule has 26 heteroatoms. The van der Waals surface area contributed by atoms with Gasteiger partial charge in [0.25, 0.3) is 16.7 Å². The molecule has 0 radical (unpaired) electrons. The molecule has 95 heavy (non-hydrogen) atoms. The number of nitrogens with zero attached hydrogens (tertiary/aromatic N) is 6. The Balaban J connectivity index is 0.779. The average Bonchev–Trinajstić information content (AvgIpc) is 1.73. The summed E-state index contributed by atoms with van der Waals surface area (Å²) in [4.78, 5) is 58.4. The molecule has 0 spiro atoms. The maximum atomic E-state index is 15.7. The largest absolute Gasteiger partial charge is 0.493 e. The zero-order valence-corrected chi connectivity index (χ0v) is 58.1. The van der Waals surface area contributed by atoms with Gasteiger partial charge >= 0.3 is 7.82 Å². The molecule has 0 unspecified atom stereocenters. The van der Waals surface area contributed by atoms with Crippen LogP contribution in [0.25, 0.3) is 79.0 Å². The Bertz CT molecular complexity index is 4610. The summed E-state index contributed by atoms with van der Waals surface area (Å²) in [5.41, 5.74) is 0.705. The number of aromatic nitrogens is 6. The van der Waals surface area contributed by atoms with Gasteiger partial charge in [-0.3, -0.25) is 41.7 Å². The van der Waals surface area contributed by atoms with Gasteiger partial charge in [0.15, 0.2) is 34.5 Å². The van der Waals surface area contributed by atoms with Crippen molar-refractivity contribution in [1.82, 2.24) is 28.7 Å². The van der Waals surface area contributed by atoms with Crippen LogP contribution in [0.4, 0.5) is 0 Å². The molecule has 0 saturated carbocycles. The maximum absolute atomic E-state index is 15.7. The van der Waals surface area contributed by atoms with Crippen molar-refractivity contribution in [2.45, 2.75) is 58.3 Å². The highest BCUT2D eigenvalue weighted by Gasteiger charge is 2.45. The fraction of sp³-hybridized carbons (Fsp3) is 0.217. The molecule has 0 bridgehead atoms. The summed E-state index contributed by atoms with van der Waals surface area (Å²) in [6.07, 6.45) is 4.39. The molecule has 19 nitrogen and oxygen atoms in total. The summed E-state index contributed by atoms with van der Waals surface area (Å²) in [5, 5.41) is 1.81. The lowest BCUT2D eigenvalue weighted by Crippen LogP contribution is -2.39. The molecule has 12 aromatic rings. The standard InChI is InChI=1S/C69H60Cl3N6O13PS3/c1-67(2,34-86-52-25-22-46(28-55(52)83-7)76-37-73-49-31-58(93-61(49)64(76)79)40-10-16-43(70)17-11-40)89-92(82,90-68(3,4)35-87-53-26-23-47(29-56(53)84-8)77-38-74-50-32-59(94-62(50)65(77)80)41-12-18-44(71)19-13-41)91-69(5,6)36-88-54-27-24-48(30-57(54)85-9)78-39-75-51-33-60(95-63(51)66(78)81)42-14-20-45(72)21-15-42/h10-33,37-39H,34-36H2,1-9H3. The van der Waals surface area contributed by atoms with E-state index in [0.717, 1.165) is 31.3 Å². The van der Waals surface area contributed by atoms with Crippen molar-refractivity contribution in [3.63, 3.8) is 0 Å². The second-order valence-electron chi connectivity index (χ2n) is 23.6. The molecule has 0 fully saturated rings. The van der Waals surface area contributed by atoms with Crippen molar-refractivity contribution in [2.24, 2.45) is 0 Å². The Morgan fingerprint density at radius 2 is 0.653 bits per heavy atom. The zero-order valence-electron chi connectivity index (χ0n) is 52.5. The van der Waals surface area contributed by atoms with Crippen molar-refractivity contribution >= 4 is 107 Å². The van der Waals surface area contributed by atoms with E-state index in [1.54, 1.807) is 133 Å². The van der Waals surface area contributed by atoms with Crippen LogP contribution in [0.3, 0.4) is 0 Å². The number of halogens is 3. The molecule has 0 aliphatic heterocycles. The number of thiophene rings is 3. The van der Waals surface area contributed by atoms with Gasteiger partial charge in [-0.15, -0.1) is 34.0 Å². The number of methoxy groups -OCH3 is 3. The zero-order chi connectivity index (χ0) is 67.1. The predicted molar refractivity (Wildman–Crippen MR) is 376 cm³/mol. The Kier molecular flexibility index (Phi) is 19.0. The number of benzene rings is 6. The van der Waals surface area contributed by atoms with Gasteiger partial charge in [0.05, 0.1) is 54.9 Å². The van der Waals surface area contributed by atoms with Crippen molar-refractivity contribution in [3.8, 4) is 82.9 Å². The van der Waals surface area contributed by atoms with Crippen LogP contribution < -0.4 is 45.1 Å². The Morgan fingerprint density at radius 1 is 0.389 bits per heavy atom. The lowest BCUT2D eigenvalue weighted by atomic mass is 10.1. The molecular weight excluding hydrogens is 1350 g/mol. The molecular formula is C69H60Cl3N6O13PS3. The van der Waals surface area contributed by atoms with Crippen molar-refractivity contribution in [3.05, 3.63) is 211 Å². The molecule has 488 valence electrons. The van der Waals surface area contributed by atoms with Crippen LogP contribution in [-0.4, -0.2) is 86.6 Å². The highest BCUT2D eigenvalue weighted by Crippen LogP contribution is 2.58. The first-order valence-electron chi connectivity index (χ1n) is 29.3. The van der Waals surface area contributed by atoms with Gasteiger partial charge in [-0.2, -0.15) is 0 Å². The summed E-state index contributed by atoms with van der Waals surface area (Å²) in [6.45, 7) is 9.27. The number of hydrogen-bond acceptors (Lipinski definition) is 19. The lowest BCUT2D eigenvalue weighted by molar-refractivity contribution is -0.0690. The van der Waals surface area contributed by atoms with Gasteiger partial charge in [-0.25, -0.2) is 19.5 Å². The quantitative estimate of drug-likeness (QED) is 0.0516. The van der Waals surface area contributed by atoms with Crippen molar-refractivity contribution in [1.29, 1.82) is 0 Å². The van der Waals surface area contributed by atoms with Gasteiger partial charge < -0.3 is 28.4 Å². The smallest absolute Gasteiger partial charge is 0.476 e. The van der Waals surface area contributed by atoms with Crippen LogP contribution in [0.5, 0.6) is 34.5 Å². The van der Waals surface area contributed by atoms with E-state index in [2.05, 4.69) is 15.0 Å². The average molecular weight is 1410 g/mol. The van der Waals surface area contributed by atoms with Gasteiger partial charge in [-0.05, 0) is 149 Å². The van der Waals surface area contributed by atoms with E-state index in [1.165, 1.54) is 88.0 Å². The van der Waals surface area contributed by atoms with E-state index < -0.39 is 24.6 Å². The molecule has 0 aliphatic rings. The summed E-state index contributed by atoms with van der Waals surface area (Å²) >= 11 is 22.4. The van der Waals surface area contributed by atoms with Crippen LogP contribution >= 0.6 is 76.6 Å². The van der Waals surface area contributed by atoms with Gasteiger partial charge in [0, 0.05) is 47.9 Å². The number of phosphoric acid groups is 1. The number of rotatable bonds is 24. The molecule has 0 aliphatic carbocycles. The minimum atomic E-state index is -4.77. The Labute approximate surface area is 571 Å². The third kappa shape index (κ3) is 14.7. The fourth-order valence-corrected chi connectivity index (χ4v) is 15.7. The SMILES string of the molecule is COc1cc(-n2cnc3cc(-c4ccc(Cl)cc4)sc3c2=O)ccc1OCC(C)(C)OP(=O)(OC(C)(C)COc1ccc(-n2cnc3cc(-c4ccc(Cl)cc4)sc3c2=O)cc1OC)OC(C)(C)COc1ccc(-n2cnc3cc(-c4ccc(Cl)cc4)sc3c2=O)cc1OC. The number of fused-ring (bicyclic) bond motifs is 3. The minimum absolute atomic E-state index is 0.223. The topological polar surface area (TPSA) is 205 Å². The van der Waals surface area contributed by atoms with E-state index >= 15 is 4.57 Å². The van der Waals surface area contributed by atoms with E-state index in [-0.39, 0.29) is 71.0 Å². The van der Waals surface area contributed by atoms with Gasteiger partial charge in [-0.1, -0.05) is 71.2 Å². The summed E-state index contributed by atoms with van der Waals surface area (Å²) in [5.74, 6) is 1.69. The van der Waals surface area contributed by atoms with E-state index in [4.69, 9.17) is 76.8 Å². The van der Waals surface area contributed by atoms with Crippen LogP contribution in [-0.2, 0) is 18.1 Å². The summed E-state index contributed by atoms with van der Waals surface area (Å²) in [6, 6.07) is 42.7. The normalized spacial score (nSPS) is 12.2. The molecule has 6 aromatic heterocycles. The second-order valence-corrected chi connectivity index (χ2v) is 29.5. The highest BCUT2D eigenvalue weighted by atomic mass is 35.5. The number of hydrogen-bond donors (Lipinski definition) is 0. The monoisotopic (exact) mass is 1410 g/mol. The van der Waals surface area contributed by atoms with Crippen molar-refractivity contribution in [2.75, 3.05) is 41.2 Å². The molecule has 6 heterocycles. The van der Waals surface area contributed by atoms with Crippen molar-refractivity contribution < 1.29 is 46.6 Å². The predicted octanol–water partition coefficient (Wildman–Crippen LogP) is 17.0. The van der Waals surface area contributed by atoms with Crippen LogP contribution in [0, 0.1) is 0 Å². The first-order valence-corrected chi connectivity index (χ1v) is 34.4. The highest BCUT2D eigenvalue weighted by molar-refractivity contribution is 7.48. The van der Waals surface area contributed by atoms with Gasteiger partial charge in [0.1, 0.15) is 69.7 Å². The molecule has 6 aromatic carbocycles. The molecule has 0 amide bonds. The minimum Gasteiger partial charge on any atom is -0.493 e. The number of ether oxygens (including phenoxy) is 6. The second kappa shape index (κ2) is 27.0. The van der Waals surface area contributed by atoms with Crippen LogP contribution in [0.1, 0.15) is 41.5 Å². The molecule has 0 saturated heterocycles. The van der Waals surface area contributed by atoms with E-state index in [0.29, 0.717) is 62.8 Å². The van der Waals surface area contributed by atoms with E-state index in [1.807, 2.05) is 54.6 Å². The lowest BCUT2D eigenvalue weighted by Gasteiger charge is -2.37. The summed E-state index contributed by atoms with van der Waals surface area (Å²) in [7, 11) is -0.355. The van der Waals surface area contributed by atoms with Gasteiger partial charge in [0.2, 0.25) is 0 Å². The third-order valence-corrected chi connectivity index (χ3v) is 21.2. The Morgan fingerprint density at radius 3 is 0.905 bits per heavy atom. The first-order chi connectivity index (χ1) is 45.4. The molecule has 12 rings (SSSR count). The third-order valence-electron chi connectivity index (χ3n) is 14.8. The van der Waals surface area contributed by atoms with E-state index in [9.17, 15) is 14.4 Å². The Hall–Kier alpha value is -8.38.